The minimum Gasteiger partial charge on any atom is -0.378 e. The van der Waals surface area contributed by atoms with Gasteiger partial charge in [-0.25, -0.2) is 12.4 Å². The molecule has 0 N–H and O–H groups in total. The number of carbonyl (C=O) groups is 1. The zero-order chi connectivity index (χ0) is 19.0. The topological polar surface area (TPSA) is 68.6 Å². The Morgan fingerprint density at radius 2 is 1.74 bits per heavy atom. The van der Waals surface area contributed by atoms with Gasteiger partial charge in [0.2, 0.25) is 0 Å². The van der Waals surface area contributed by atoms with Gasteiger partial charge < -0.3 is 9.64 Å². The number of hydrogen-bond acceptors (Lipinski definition) is 5. The third-order valence-electron chi connectivity index (χ3n) is 4.87. The number of aromatic nitrogens is 1. The van der Waals surface area contributed by atoms with E-state index < -0.39 is 10.0 Å². The molecule has 0 saturated carbocycles. The van der Waals surface area contributed by atoms with Gasteiger partial charge in [0.15, 0.2) is 6.29 Å². The number of rotatable bonds is 4. The van der Waals surface area contributed by atoms with E-state index in [-0.39, 0.29) is 4.90 Å². The van der Waals surface area contributed by atoms with Gasteiger partial charge in [0.25, 0.3) is 10.0 Å². The highest BCUT2D eigenvalue weighted by Crippen LogP contribution is 2.29. The highest BCUT2D eigenvalue weighted by atomic mass is 32.2. The lowest BCUT2D eigenvalue weighted by atomic mass is 10.1. The Hall–Kier alpha value is -2.64. The Bertz CT molecular complexity index is 1090. The molecule has 1 aliphatic rings. The number of carbonyl (C=O) groups excluding carboxylic acids is 1. The Morgan fingerprint density at radius 3 is 2.41 bits per heavy atom. The number of aryl methyl sites for hydroxylation is 1. The molecule has 0 radical (unpaired) electrons. The molecule has 7 heteroatoms. The van der Waals surface area contributed by atoms with Crippen molar-refractivity contribution in [2.45, 2.75) is 11.8 Å². The fraction of sp³-hybridized carbons (Fsp3) is 0.250. The maximum Gasteiger partial charge on any atom is 0.268 e. The first-order chi connectivity index (χ1) is 13.0. The summed E-state index contributed by atoms with van der Waals surface area (Å²) in [7, 11) is -3.79. The van der Waals surface area contributed by atoms with Crippen molar-refractivity contribution in [3.63, 3.8) is 0 Å². The van der Waals surface area contributed by atoms with Crippen molar-refractivity contribution < 1.29 is 17.9 Å². The Kier molecular flexibility index (Phi) is 4.49. The van der Waals surface area contributed by atoms with Crippen molar-refractivity contribution >= 4 is 32.9 Å². The standard InChI is InChI=1S/C20H20N2O4S/c1-15-2-5-18(6-3-15)27(24,25)22-13-16(14-23)19-12-17(4-7-20(19)22)21-8-10-26-11-9-21/h2-7,12-14H,8-11H2,1H3. The molecule has 0 bridgehead atoms. The molecule has 6 nitrogen and oxygen atoms in total. The lowest BCUT2D eigenvalue weighted by molar-refractivity contribution is 0.112. The minimum atomic E-state index is -3.79. The fourth-order valence-electron chi connectivity index (χ4n) is 3.35. The summed E-state index contributed by atoms with van der Waals surface area (Å²) in [5.74, 6) is 0. The summed E-state index contributed by atoms with van der Waals surface area (Å²) >= 11 is 0. The van der Waals surface area contributed by atoms with Crippen LogP contribution in [0.2, 0.25) is 0 Å². The Balaban J connectivity index is 1.84. The van der Waals surface area contributed by atoms with Crippen molar-refractivity contribution in [3.8, 4) is 0 Å². The SMILES string of the molecule is Cc1ccc(S(=O)(=O)n2cc(C=O)c3cc(N4CCOCC4)ccc32)cc1. The fourth-order valence-corrected chi connectivity index (χ4v) is 4.73. The molecular weight excluding hydrogens is 364 g/mol. The first kappa shape index (κ1) is 17.8. The Morgan fingerprint density at radius 1 is 1.04 bits per heavy atom. The molecule has 1 saturated heterocycles. The molecule has 1 fully saturated rings. The quantitative estimate of drug-likeness (QED) is 0.647. The highest BCUT2D eigenvalue weighted by Gasteiger charge is 2.22. The number of aldehydes is 1. The third-order valence-corrected chi connectivity index (χ3v) is 6.55. The smallest absolute Gasteiger partial charge is 0.268 e. The molecular formula is C20H20N2O4S. The van der Waals surface area contributed by atoms with Crippen LogP contribution in [0.1, 0.15) is 15.9 Å². The zero-order valence-corrected chi connectivity index (χ0v) is 15.8. The number of benzene rings is 2. The number of anilines is 1. The van der Waals surface area contributed by atoms with Crippen LogP contribution in [0.5, 0.6) is 0 Å². The molecule has 2 heterocycles. The average molecular weight is 384 g/mol. The van der Waals surface area contributed by atoms with E-state index in [0.717, 1.165) is 24.3 Å². The maximum atomic E-state index is 13.1. The summed E-state index contributed by atoms with van der Waals surface area (Å²) < 4.78 is 32.8. The molecule has 1 aromatic heterocycles. The minimum absolute atomic E-state index is 0.194. The van der Waals surface area contributed by atoms with E-state index in [9.17, 15) is 13.2 Å². The molecule has 0 aliphatic carbocycles. The molecule has 4 rings (SSSR count). The number of nitrogens with zero attached hydrogens (tertiary/aromatic N) is 2. The summed E-state index contributed by atoms with van der Waals surface area (Å²) in [6.45, 7) is 4.75. The van der Waals surface area contributed by atoms with E-state index in [4.69, 9.17) is 4.74 Å². The predicted molar refractivity (Wildman–Crippen MR) is 104 cm³/mol. The molecule has 1 aliphatic heterocycles. The first-order valence-electron chi connectivity index (χ1n) is 8.76. The number of hydrogen-bond donors (Lipinski definition) is 0. The third kappa shape index (κ3) is 3.13. The lowest BCUT2D eigenvalue weighted by Crippen LogP contribution is -2.36. The highest BCUT2D eigenvalue weighted by molar-refractivity contribution is 7.90. The van der Waals surface area contributed by atoms with Gasteiger partial charge in [-0.05, 0) is 37.3 Å². The first-order valence-corrected chi connectivity index (χ1v) is 10.2. The van der Waals surface area contributed by atoms with E-state index in [1.54, 1.807) is 30.3 Å². The van der Waals surface area contributed by atoms with Crippen LogP contribution in [0.4, 0.5) is 5.69 Å². The number of fused-ring (bicyclic) bond motifs is 1. The zero-order valence-electron chi connectivity index (χ0n) is 15.0. The molecule has 0 amide bonds. The summed E-state index contributed by atoms with van der Waals surface area (Å²) in [6, 6.07) is 12.2. The van der Waals surface area contributed by atoms with Crippen molar-refractivity contribution in [1.29, 1.82) is 0 Å². The Labute approximate surface area is 158 Å². The van der Waals surface area contributed by atoms with E-state index in [1.807, 2.05) is 19.1 Å². The largest absolute Gasteiger partial charge is 0.378 e. The number of ether oxygens (including phenoxy) is 1. The monoisotopic (exact) mass is 384 g/mol. The summed E-state index contributed by atoms with van der Waals surface area (Å²) in [6.07, 6.45) is 2.10. The van der Waals surface area contributed by atoms with Crippen molar-refractivity contribution in [3.05, 3.63) is 59.8 Å². The molecule has 27 heavy (non-hydrogen) atoms. The summed E-state index contributed by atoms with van der Waals surface area (Å²) in [4.78, 5) is 14.0. The second kappa shape index (κ2) is 6.83. The lowest BCUT2D eigenvalue weighted by Gasteiger charge is -2.29. The van der Waals surface area contributed by atoms with Crippen molar-refractivity contribution in [1.82, 2.24) is 3.97 Å². The second-order valence-corrected chi connectivity index (χ2v) is 8.43. The summed E-state index contributed by atoms with van der Waals surface area (Å²) in [5.41, 5.74) is 2.79. The van der Waals surface area contributed by atoms with Crippen LogP contribution in [0.15, 0.2) is 53.6 Å². The predicted octanol–water partition coefficient (Wildman–Crippen LogP) is 2.84. The van der Waals surface area contributed by atoms with Crippen LogP contribution < -0.4 is 4.90 Å². The maximum absolute atomic E-state index is 13.1. The van der Waals surface area contributed by atoms with Gasteiger partial charge in [-0.3, -0.25) is 4.79 Å². The molecule has 0 atom stereocenters. The van der Waals surface area contributed by atoms with Gasteiger partial charge in [-0.1, -0.05) is 17.7 Å². The second-order valence-electron chi connectivity index (χ2n) is 6.62. The van der Waals surface area contributed by atoms with Crippen molar-refractivity contribution in [2.24, 2.45) is 0 Å². The van der Waals surface area contributed by atoms with Crippen LogP contribution in [0.3, 0.4) is 0 Å². The number of morpholine rings is 1. The van der Waals surface area contributed by atoms with Crippen LogP contribution in [-0.4, -0.2) is 45.0 Å². The molecule has 0 unspecified atom stereocenters. The van der Waals surface area contributed by atoms with E-state index in [1.165, 1.54) is 10.2 Å². The van der Waals surface area contributed by atoms with Crippen LogP contribution in [0, 0.1) is 6.92 Å². The van der Waals surface area contributed by atoms with Crippen molar-refractivity contribution in [2.75, 3.05) is 31.2 Å². The van der Waals surface area contributed by atoms with Gasteiger partial charge in [-0.15, -0.1) is 0 Å². The van der Waals surface area contributed by atoms with Crippen LogP contribution in [0.25, 0.3) is 10.9 Å². The van der Waals surface area contributed by atoms with Gasteiger partial charge in [0.1, 0.15) is 0 Å². The van der Waals surface area contributed by atoms with Gasteiger partial charge in [0, 0.05) is 35.9 Å². The normalized spacial score (nSPS) is 15.2. The van der Waals surface area contributed by atoms with Gasteiger partial charge >= 0.3 is 0 Å². The molecule has 0 spiro atoms. The molecule has 3 aromatic rings. The summed E-state index contributed by atoms with van der Waals surface area (Å²) in [5, 5.41) is 0.629. The van der Waals surface area contributed by atoms with Crippen LogP contribution >= 0.6 is 0 Å². The van der Waals surface area contributed by atoms with Gasteiger partial charge in [0.05, 0.1) is 23.6 Å². The van der Waals surface area contributed by atoms with E-state index in [0.29, 0.717) is 36.0 Å². The average Bonchev–Trinajstić information content (AvgIpc) is 3.08. The van der Waals surface area contributed by atoms with Gasteiger partial charge in [-0.2, -0.15) is 0 Å². The van der Waals surface area contributed by atoms with Crippen LogP contribution in [-0.2, 0) is 14.8 Å². The van der Waals surface area contributed by atoms with E-state index >= 15 is 0 Å². The molecule has 2 aromatic carbocycles. The molecule has 140 valence electrons. The van der Waals surface area contributed by atoms with E-state index in [2.05, 4.69) is 4.90 Å².